The van der Waals surface area contributed by atoms with Crippen LogP contribution in [0.4, 0.5) is 4.39 Å². The predicted octanol–water partition coefficient (Wildman–Crippen LogP) is 4.06. The maximum absolute atomic E-state index is 13.0. The highest BCUT2D eigenvalue weighted by Gasteiger charge is 2.10. The van der Waals surface area contributed by atoms with E-state index < -0.39 is 0 Å². The second kappa shape index (κ2) is 6.29. The van der Waals surface area contributed by atoms with E-state index in [9.17, 15) is 4.39 Å². The Hall–Kier alpha value is -0.940. The molecule has 0 saturated carbocycles. The Morgan fingerprint density at radius 2 is 1.83 bits per heavy atom. The highest BCUT2D eigenvalue weighted by molar-refractivity contribution is 14.1. The van der Waals surface area contributed by atoms with Gasteiger partial charge in [-0.1, -0.05) is 36.4 Å². The Kier molecular flexibility index (Phi) is 4.72. The highest BCUT2D eigenvalue weighted by atomic mass is 127. The average molecular weight is 355 g/mol. The van der Waals surface area contributed by atoms with Gasteiger partial charge in [0.15, 0.2) is 0 Å². The third kappa shape index (κ3) is 3.53. The van der Waals surface area contributed by atoms with Gasteiger partial charge in [0.1, 0.15) is 5.82 Å². The topological polar surface area (TPSA) is 26.0 Å². The fraction of sp³-hybridized carbons (Fsp3) is 0.200. The van der Waals surface area contributed by atoms with Crippen LogP contribution in [-0.4, -0.2) is 0 Å². The van der Waals surface area contributed by atoms with Crippen molar-refractivity contribution in [1.29, 1.82) is 0 Å². The van der Waals surface area contributed by atoms with Crippen LogP contribution in [0.15, 0.2) is 48.5 Å². The largest absolute Gasteiger partial charge is 0.324 e. The minimum Gasteiger partial charge on any atom is -0.324 e. The van der Waals surface area contributed by atoms with E-state index in [1.54, 1.807) is 6.07 Å². The lowest BCUT2D eigenvalue weighted by Crippen LogP contribution is -2.13. The van der Waals surface area contributed by atoms with Crippen LogP contribution in [-0.2, 0) is 6.42 Å². The lowest BCUT2D eigenvalue weighted by Gasteiger charge is -2.14. The number of rotatable bonds is 4. The van der Waals surface area contributed by atoms with Gasteiger partial charge >= 0.3 is 0 Å². The van der Waals surface area contributed by atoms with E-state index in [1.807, 2.05) is 18.2 Å². The van der Waals surface area contributed by atoms with Crippen molar-refractivity contribution in [2.75, 3.05) is 0 Å². The van der Waals surface area contributed by atoms with E-state index in [-0.39, 0.29) is 11.9 Å². The van der Waals surface area contributed by atoms with Gasteiger partial charge in [-0.2, -0.15) is 0 Å². The zero-order valence-electron chi connectivity index (χ0n) is 9.94. The van der Waals surface area contributed by atoms with Crippen LogP contribution in [0.2, 0.25) is 0 Å². The molecule has 0 radical (unpaired) electrons. The van der Waals surface area contributed by atoms with Crippen LogP contribution in [0.25, 0.3) is 0 Å². The van der Waals surface area contributed by atoms with Crippen molar-refractivity contribution >= 4 is 22.6 Å². The number of hydrogen-bond acceptors (Lipinski definition) is 1. The third-order valence-electron chi connectivity index (χ3n) is 2.95. The molecule has 2 aromatic rings. The zero-order chi connectivity index (χ0) is 13.0. The molecular formula is C15H15FIN. The van der Waals surface area contributed by atoms with Gasteiger partial charge in [-0.25, -0.2) is 4.39 Å². The molecule has 1 nitrogen and oxygen atoms in total. The summed E-state index contributed by atoms with van der Waals surface area (Å²) in [5.41, 5.74) is 8.47. The maximum atomic E-state index is 13.0. The summed E-state index contributed by atoms with van der Waals surface area (Å²) >= 11 is 2.14. The molecule has 0 aliphatic rings. The molecule has 2 N–H and O–H groups in total. The normalized spacial score (nSPS) is 12.4. The van der Waals surface area contributed by atoms with Crippen molar-refractivity contribution in [3.8, 4) is 0 Å². The molecule has 0 aliphatic heterocycles. The van der Waals surface area contributed by atoms with Crippen molar-refractivity contribution in [1.82, 2.24) is 0 Å². The maximum Gasteiger partial charge on any atom is 0.124 e. The molecule has 0 aliphatic carbocycles. The van der Waals surface area contributed by atoms with Crippen molar-refractivity contribution in [2.24, 2.45) is 5.73 Å². The van der Waals surface area contributed by atoms with Crippen molar-refractivity contribution in [3.05, 3.63) is 69.0 Å². The molecule has 0 amide bonds. The smallest absolute Gasteiger partial charge is 0.124 e. The van der Waals surface area contributed by atoms with Gasteiger partial charge in [-0.3, -0.25) is 0 Å². The Labute approximate surface area is 120 Å². The number of hydrogen-bond donors (Lipinski definition) is 1. The van der Waals surface area contributed by atoms with Gasteiger partial charge < -0.3 is 5.73 Å². The summed E-state index contributed by atoms with van der Waals surface area (Å²) in [7, 11) is 0. The van der Waals surface area contributed by atoms with E-state index in [4.69, 9.17) is 5.73 Å². The molecule has 0 saturated heterocycles. The van der Waals surface area contributed by atoms with Crippen LogP contribution in [0, 0.1) is 9.39 Å². The SMILES string of the molecule is NC(CCc1ccccc1)c1ccc(F)cc1I. The average Bonchev–Trinajstić information content (AvgIpc) is 2.37. The minimum absolute atomic E-state index is 0.0438. The van der Waals surface area contributed by atoms with Crippen LogP contribution < -0.4 is 5.73 Å². The number of benzene rings is 2. The summed E-state index contributed by atoms with van der Waals surface area (Å²) < 4.78 is 13.9. The summed E-state index contributed by atoms with van der Waals surface area (Å²) in [6.07, 6.45) is 1.81. The summed E-state index contributed by atoms with van der Waals surface area (Å²) in [5.74, 6) is -0.210. The lowest BCUT2D eigenvalue weighted by atomic mass is 10.00. The molecular weight excluding hydrogens is 340 g/mol. The van der Waals surface area contributed by atoms with Crippen LogP contribution in [0.3, 0.4) is 0 Å². The number of halogens is 2. The molecule has 0 bridgehead atoms. The number of nitrogens with two attached hydrogens (primary N) is 1. The predicted molar refractivity (Wildman–Crippen MR) is 80.8 cm³/mol. The fourth-order valence-corrected chi connectivity index (χ4v) is 2.80. The molecule has 0 heterocycles. The van der Waals surface area contributed by atoms with Gasteiger partial charge in [0.25, 0.3) is 0 Å². The van der Waals surface area contributed by atoms with E-state index in [2.05, 4.69) is 34.7 Å². The molecule has 2 rings (SSSR count). The lowest BCUT2D eigenvalue weighted by molar-refractivity contribution is 0.616. The molecule has 2 aromatic carbocycles. The summed E-state index contributed by atoms with van der Waals surface area (Å²) in [4.78, 5) is 0. The summed E-state index contributed by atoms with van der Waals surface area (Å²) in [6, 6.07) is 15.0. The first-order valence-electron chi connectivity index (χ1n) is 5.91. The van der Waals surface area contributed by atoms with Gasteiger partial charge in [0, 0.05) is 9.61 Å². The summed E-state index contributed by atoms with van der Waals surface area (Å²) in [6.45, 7) is 0. The first kappa shape index (κ1) is 13.5. The van der Waals surface area contributed by atoms with Gasteiger partial charge in [-0.15, -0.1) is 0 Å². The molecule has 0 spiro atoms. The van der Waals surface area contributed by atoms with Crippen LogP contribution in [0.1, 0.15) is 23.6 Å². The van der Waals surface area contributed by atoms with E-state index in [0.29, 0.717) is 0 Å². The first-order chi connectivity index (χ1) is 8.66. The first-order valence-corrected chi connectivity index (χ1v) is 6.99. The van der Waals surface area contributed by atoms with Crippen molar-refractivity contribution in [3.63, 3.8) is 0 Å². The molecule has 1 unspecified atom stereocenters. The number of aryl methyl sites for hydroxylation is 1. The Balaban J connectivity index is 2.01. The molecule has 0 aromatic heterocycles. The Bertz CT molecular complexity index is 513. The van der Waals surface area contributed by atoms with E-state index >= 15 is 0 Å². The van der Waals surface area contributed by atoms with E-state index in [0.717, 1.165) is 22.0 Å². The fourth-order valence-electron chi connectivity index (χ4n) is 1.92. The molecule has 1 atom stereocenters. The second-order valence-electron chi connectivity index (χ2n) is 4.30. The monoisotopic (exact) mass is 355 g/mol. The van der Waals surface area contributed by atoms with Crippen molar-refractivity contribution in [2.45, 2.75) is 18.9 Å². The molecule has 94 valence electrons. The van der Waals surface area contributed by atoms with Gasteiger partial charge in [-0.05, 0) is 58.7 Å². The zero-order valence-corrected chi connectivity index (χ0v) is 12.1. The second-order valence-corrected chi connectivity index (χ2v) is 5.46. The quantitative estimate of drug-likeness (QED) is 0.823. The third-order valence-corrected chi connectivity index (χ3v) is 3.88. The minimum atomic E-state index is -0.210. The summed E-state index contributed by atoms with van der Waals surface area (Å²) in [5, 5.41) is 0. The molecule has 18 heavy (non-hydrogen) atoms. The van der Waals surface area contributed by atoms with Crippen LogP contribution >= 0.6 is 22.6 Å². The van der Waals surface area contributed by atoms with Gasteiger partial charge in [0.05, 0.1) is 0 Å². The molecule has 0 fully saturated rings. The Morgan fingerprint density at radius 3 is 2.50 bits per heavy atom. The van der Waals surface area contributed by atoms with Crippen molar-refractivity contribution < 1.29 is 4.39 Å². The van der Waals surface area contributed by atoms with E-state index in [1.165, 1.54) is 17.7 Å². The molecule has 3 heteroatoms. The van der Waals surface area contributed by atoms with Crippen LogP contribution in [0.5, 0.6) is 0 Å². The van der Waals surface area contributed by atoms with Gasteiger partial charge in [0.2, 0.25) is 0 Å². The highest BCUT2D eigenvalue weighted by Crippen LogP contribution is 2.23. The Morgan fingerprint density at radius 1 is 1.11 bits per heavy atom. The standard InChI is InChI=1S/C15H15FIN/c16-12-7-8-13(14(17)10-12)15(18)9-6-11-4-2-1-3-5-11/h1-5,7-8,10,15H,6,9,18H2.